The van der Waals surface area contributed by atoms with E-state index < -0.39 is 0 Å². The van der Waals surface area contributed by atoms with Crippen molar-refractivity contribution in [3.05, 3.63) is 18.7 Å². The number of nitrogens with zero attached hydrogens (tertiary/aromatic N) is 2. The molecule has 0 saturated heterocycles. The maximum atomic E-state index is 8.27. The van der Waals surface area contributed by atoms with Crippen LogP contribution in [0.5, 0.6) is 0 Å². The second-order valence-electron chi connectivity index (χ2n) is 0.867. The summed E-state index contributed by atoms with van der Waals surface area (Å²) in [6, 6.07) is 0. The summed E-state index contributed by atoms with van der Waals surface area (Å²) in [5.41, 5.74) is 0. The largest absolute Gasteiger partial charge is 0.427 e. The summed E-state index contributed by atoms with van der Waals surface area (Å²) in [5, 5.41) is 8.27. The summed E-state index contributed by atoms with van der Waals surface area (Å²) >= 11 is 0. The second-order valence-corrected chi connectivity index (χ2v) is 0.867. The van der Waals surface area contributed by atoms with Crippen LogP contribution in [0.25, 0.3) is 0 Å². The Kier molecular flexibility index (Phi) is 0.538. The standard InChI is InChI=1S/C3H3N2O/c6-5-2-1-4-3-5/h1,3,6H. The van der Waals surface area contributed by atoms with Crippen molar-refractivity contribution in [3.63, 3.8) is 0 Å². The molecule has 1 heterocycles. The van der Waals surface area contributed by atoms with Gasteiger partial charge in [-0.1, -0.05) is 0 Å². The van der Waals surface area contributed by atoms with Crippen LogP contribution in [-0.2, 0) is 0 Å². The fraction of sp³-hybridized carbons (Fsp3) is 0. The minimum Gasteiger partial charge on any atom is -0.427 e. The summed E-state index contributed by atoms with van der Waals surface area (Å²) in [5.74, 6) is 0. The van der Waals surface area contributed by atoms with Gasteiger partial charge in [-0.2, -0.15) is 4.73 Å². The Balaban J connectivity index is 3.05. The van der Waals surface area contributed by atoms with E-state index in [0.717, 1.165) is 4.73 Å². The Morgan fingerprint density at radius 3 is 2.83 bits per heavy atom. The van der Waals surface area contributed by atoms with Crippen LogP contribution in [0.2, 0.25) is 0 Å². The average molecular weight is 83.1 g/mol. The molecule has 6 heavy (non-hydrogen) atoms. The maximum absolute atomic E-state index is 8.27. The first-order valence-corrected chi connectivity index (χ1v) is 1.49. The molecule has 0 aliphatic rings. The lowest BCUT2D eigenvalue weighted by Crippen LogP contribution is -1.80. The SMILES string of the molecule is On1[c]cnc1. The van der Waals surface area contributed by atoms with E-state index in [4.69, 9.17) is 5.21 Å². The van der Waals surface area contributed by atoms with Crippen molar-refractivity contribution in [3.8, 4) is 0 Å². The molecule has 0 spiro atoms. The molecule has 1 aromatic heterocycles. The summed E-state index contributed by atoms with van der Waals surface area (Å²) in [6.07, 6.45) is 4.99. The van der Waals surface area contributed by atoms with Crippen LogP contribution in [0.1, 0.15) is 0 Å². The highest BCUT2D eigenvalue weighted by Crippen LogP contribution is 1.70. The third-order valence-corrected chi connectivity index (χ3v) is 0.441. The Labute approximate surface area is 34.8 Å². The number of aromatic nitrogens is 2. The zero-order valence-corrected chi connectivity index (χ0v) is 3.00. The minimum atomic E-state index is 0.764. The second kappa shape index (κ2) is 1.01. The first-order valence-electron chi connectivity index (χ1n) is 1.49. The normalized spacial score (nSPS) is 8.67. The van der Waals surface area contributed by atoms with Gasteiger partial charge in [0.1, 0.15) is 12.5 Å². The molecule has 3 heteroatoms. The lowest BCUT2D eigenvalue weighted by molar-refractivity contribution is 0.183. The summed E-state index contributed by atoms with van der Waals surface area (Å²) in [6.45, 7) is 0. The van der Waals surface area contributed by atoms with Gasteiger partial charge in [-0.05, 0) is 0 Å². The predicted molar refractivity (Wildman–Crippen MR) is 18.2 cm³/mol. The van der Waals surface area contributed by atoms with Gasteiger partial charge in [0.15, 0.2) is 0 Å². The molecular formula is C3H3N2O. The zero-order chi connectivity index (χ0) is 4.41. The average Bonchev–Trinajstić information content (AvgIpc) is 1.86. The van der Waals surface area contributed by atoms with E-state index in [1.54, 1.807) is 0 Å². The van der Waals surface area contributed by atoms with E-state index in [-0.39, 0.29) is 0 Å². The van der Waals surface area contributed by atoms with Gasteiger partial charge in [0.25, 0.3) is 0 Å². The minimum absolute atomic E-state index is 0.764. The van der Waals surface area contributed by atoms with E-state index in [2.05, 4.69) is 11.2 Å². The Bertz CT molecular complexity index is 112. The molecule has 3 nitrogen and oxygen atoms in total. The number of rotatable bonds is 0. The topological polar surface area (TPSA) is 38.0 Å². The first-order chi connectivity index (χ1) is 2.89. The van der Waals surface area contributed by atoms with Crippen LogP contribution in [0, 0.1) is 6.20 Å². The molecule has 0 fully saturated rings. The van der Waals surface area contributed by atoms with Gasteiger partial charge in [0, 0.05) is 0 Å². The van der Waals surface area contributed by atoms with Crippen molar-refractivity contribution in [2.24, 2.45) is 0 Å². The van der Waals surface area contributed by atoms with Crippen LogP contribution >= 0.6 is 0 Å². The van der Waals surface area contributed by atoms with Gasteiger partial charge in [-0.25, -0.2) is 4.98 Å². The Morgan fingerprint density at radius 2 is 2.67 bits per heavy atom. The summed E-state index contributed by atoms with van der Waals surface area (Å²) in [7, 11) is 0. The van der Waals surface area contributed by atoms with Crippen LogP contribution < -0.4 is 0 Å². The molecule has 0 atom stereocenters. The van der Waals surface area contributed by atoms with Crippen molar-refractivity contribution < 1.29 is 5.21 Å². The number of imidazole rings is 1. The highest BCUT2D eigenvalue weighted by Gasteiger charge is 1.73. The van der Waals surface area contributed by atoms with Crippen molar-refractivity contribution in [2.45, 2.75) is 0 Å². The summed E-state index contributed by atoms with van der Waals surface area (Å²) in [4.78, 5) is 3.48. The van der Waals surface area contributed by atoms with E-state index in [1.165, 1.54) is 12.5 Å². The van der Waals surface area contributed by atoms with Gasteiger partial charge in [0.2, 0.25) is 0 Å². The molecular weight excluding hydrogens is 80.0 g/mol. The van der Waals surface area contributed by atoms with Gasteiger partial charge in [-0.3, -0.25) is 0 Å². The van der Waals surface area contributed by atoms with Crippen molar-refractivity contribution >= 4 is 0 Å². The summed E-state index contributed by atoms with van der Waals surface area (Å²) < 4.78 is 0.764. The zero-order valence-electron chi connectivity index (χ0n) is 3.00. The molecule has 0 aliphatic carbocycles. The molecule has 0 bridgehead atoms. The molecule has 0 aliphatic heterocycles. The van der Waals surface area contributed by atoms with Gasteiger partial charge < -0.3 is 5.21 Å². The fourth-order valence-electron chi connectivity index (χ4n) is 0.222. The van der Waals surface area contributed by atoms with Crippen LogP contribution in [0.4, 0.5) is 0 Å². The molecule has 31 valence electrons. The van der Waals surface area contributed by atoms with Crippen LogP contribution in [0.15, 0.2) is 12.5 Å². The Hall–Kier alpha value is -0.990. The van der Waals surface area contributed by atoms with Crippen molar-refractivity contribution in [1.29, 1.82) is 0 Å². The van der Waals surface area contributed by atoms with Crippen LogP contribution in [0.3, 0.4) is 0 Å². The van der Waals surface area contributed by atoms with E-state index in [0.29, 0.717) is 0 Å². The maximum Gasteiger partial charge on any atom is 0.132 e. The lowest BCUT2D eigenvalue weighted by Gasteiger charge is -1.75. The molecule has 1 rings (SSSR count). The van der Waals surface area contributed by atoms with Gasteiger partial charge >= 0.3 is 0 Å². The molecule has 0 aromatic carbocycles. The van der Waals surface area contributed by atoms with E-state index >= 15 is 0 Å². The molecule has 1 N–H and O–H groups in total. The number of hydrogen-bond acceptors (Lipinski definition) is 2. The van der Waals surface area contributed by atoms with E-state index in [1.807, 2.05) is 0 Å². The Morgan fingerprint density at radius 1 is 1.83 bits per heavy atom. The first kappa shape index (κ1) is 3.21. The highest BCUT2D eigenvalue weighted by atomic mass is 16.5. The molecule has 1 radical (unpaired) electrons. The third kappa shape index (κ3) is 0.337. The number of hydrogen-bond donors (Lipinski definition) is 1. The molecule has 1 aromatic rings. The van der Waals surface area contributed by atoms with E-state index in [9.17, 15) is 0 Å². The molecule has 0 saturated carbocycles. The molecule has 0 amide bonds. The monoisotopic (exact) mass is 83.0 g/mol. The third-order valence-electron chi connectivity index (χ3n) is 0.441. The smallest absolute Gasteiger partial charge is 0.132 e. The van der Waals surface area contributed by atoms with Crippen molar-refractivity contribution in [2.75, 3.05) is 0 Å². The molecule has 0 unspecified atom stereocenters. The van der Waals surface area contributed by atoms with Crippen LogP contribution in [-0.4, -0.2) is 14.9 Å². The highest BCUT2D eigenvalue weighted by molar-refractivity contribution is 4.64. The quantitative estimate of drug-likeness (QED) is 0.445. The lowest BCUT2D eigenvalue weighted by atomic mass is 11.0. The fourth-order valence-corrected chi connectivity index (χ4v) is 0.222. The van der Waals surface area contributed by atoms with Crippen molar-refractivity contribution in [1.82, 2.24) is 9.71 Å². The van der Waals surface area contributed by atoms with Gasteiger partial charge in [-0.15, -0.1) is 0 Å². The van der Waals surface area contributed by atoms with Gasteiger partial charge in [0.05, 0.1) is 6.20 Å². The predicted octanol–water partition coefficient (Wildman–Crippen LogP) is -0.0794.